The van der Waals surface area contributed by atoms with E-state index >= 15 is 0 Å². The van der Waals surface area contributed by atoms with E-state index in [4.69, 9.17) is 10.7 Å². The van der Waals surface area contributed by atoms with Gasteiger partial charge in [-0.3, -0.25) is 5.41 Å². The van der Waals surface area contributed by atoms with Gasteiger partial charge in [-0.25, -0.2) is 0 Å². The van der Waals surface area contributed by atoms with Crippen LogP contribution < -0.4 is 0 Å². The summed E-state index contributed by atoms with van der Waals surface area (Å²) in [6.45, 7) is 1.76. The van der Waals surface area contributed by atoms with E-state index < -0.39 is 0 Å². The van der Waals surface area contributed by atoms with Gasteiger partial charge in [0.1, 0.15) is 0 Å². The maximum absolute atomic E-state index is 8.12. The molecular formula is C6H10N2S. The van der Waals surface area contributed by atoms with Crippen molar-refractivity contribution in [3.8, 4) is 6.07 Å². The summed E-state index contributed by atoms with van der Waals surface area (Å²) in [7, 11) is 0. The molecule has 0 unspecified atom stereocenters. The molecule has 2 nitrogen and oxygen atoms in total. The highest BCUT2D eigenvalue weighted by Gasteiger charge is 1.88. The third kappa shape index (κ3) is 7.51. The Morgan fingerprint density at radius 3 is 2.89 bits per heavy atom. The summed E-state index contributed by atoms with van der Waals surface area (Å²) < 4.78 is 0. The van der Waals surface area contributed by atoms with Crippen molar-refractivity contribution >= 4 is 16.8 Å². The molecule has 1 N–H and O–H groups in total. The zero-order valence-corrected chi connectivity index (χ0v) is 6.29. The molecule has 0 heterocycles. The zero-order chi connectivity index (χ0) is 7.11. The summed E-state index contributed by atoms with van der Waals surface area (Å²) in [4.78, 5) is 0. The van der Waals surface area contributed by atoms with Gasteiger partial charge >= 0.3 is 0 Å². The molecule has 0 atom stereocenters. The first-order valence-corrected chi connectivity index (χ1v) is 3.81. The lowest BCUT2D eigenvalue weighted by atomic mass is 10.4. The average molecular weight is 142 g/mol. The molecule has 0 aromatic rings. The van der Waals surface area contributed by atoms with Crippen molar-refractivity contribution in [1.82, 2.24) is 0 Å². The van der Waals surface area contributed by atoms with Crippen LogP contribution in [-0.4, -0.2) is 10.8 Å². The van der Waals surface area contributed by atoms with Gasteiger partial charge in [-0.05, 0) is 13.3 Å². The minimum Gasteiger partial charge on any atom is -0.299 e. The first-order chi connectivity index (χ1) is 4.27. The molecule has 0 bridgehead atoms. The molecule has 0 saturated carbocycles. The van der Waals surface area contributed by atoms with Crippen LogP contribution in [0.3, 0.4) is 0 Å². The van der Waals surface area contributed by atoms with Crippen molar-refractivity contribution in [2.24, 2.45) is 0 Å². The highest BCUT2D eigenvalue weighted by molar-refractivity contribution is 8.13. The summed E-state index contributed by atoms with van der Waals surface area (Å²) in [6.07, 6.45) is 1.51. The number of hydrogen-bond acceptors (Lipinski definition) is 3. The van der Waals surface area contributed by atoms with Gasteiger partial charge in [0.2, 0.25) is 0 Å². The van der Waals surface area contributed by atoms with E-state index in [1.165, 1.54) is 11.8 Å². The molecule has 9 heavy (non-hydrogen) atoms. The van der Waals surface area contributed by atoms with E-state index in [0.717, 1.165) is 12.2 Å². The Bertz CT molecular complexity index is 126. The molecule has 0 fully saturated rings. The first-order valence-electron chi connectivity index (χ1n) is 2.82. The Hall–Kier alpha value is -0.490. The van der Waals surface area contributed by atoms with Crippen molar-refractivity contribution in [3.63, 3.8) is 0 Å². The van der Waals surface area contributed by atoms with Gasteiger partial charge in [0, 0.05) is 12.2 Å². The lowest BCUT2D eigenvalue weighted by molar-refractivity contribution is 0.984. The molecule has 0 aromatic carbocycles. The smallest absolute Gasteiger partial charge is 0.0622 e. The maximum Gasteiger partial charge on any atom is 0.0622 e. The first kappa shape index (κ1) is 8.51. The van der Waals surface area contributed by atoms with E-state index in [-0.39, 0.29) is 0 Å². The fourth-order valence-corrected chi connectivity index (χ4v) is 0.971. The quantitative estimate of drug-likeness (QED) is 0.372. The van der Waals surface area contributed by atoms with Gasteiger partial charge in [0.05, 0.1) is 11.1 Å². The molecule has 0 saturated heterocycles. The predicted molar refractivity (Wildman–Crippen MR) is 40.7 cm³/mol. The number of unbranched alkanes of at least 4 members (excludes halogenated alkanes) is 1. The Kier molecular flexibility index (Phi) is 5.34. The van der Waals surface area contributed by atoms with Crippen LogP contribution in [0.2, 0.25) is 0 Å². The van der Waals surface area contributed by atoms with Crippen LogP contribution >= 0.6 is 11.8 Å². The third-order valence-corrected chi connectivity index (χ3v) is 1.68. The van der Waals surface area contributed by atoms with E-state index in [1.54, 1.807) is 6.92 Å². The van der Waals surface area contributed by atoms with Crippen molar-refractivity contribution in [1.29, 1.82) is 10.7 Å². The zero-order valence-electron chi connectivity index (χ0n) is 5.48. The summed E-state index contributed by atoms with van der Waals surface area (Å²) >= 11 is 1.50. The van der Waals surface area contributed by atoms with E-state index in [0.29, 0.717) is 11.5 Å². The summed E-state index contributed by atoms with van der Waals surface area (Å²) in [5.41, 5.74) is 0. The number of nitrogens with zero attached hydrogens (tertiary/aromatic N) is 1. The molecule has 0 rings (SSSR count). The number of hydrogen-bond donors (Lipinski definition) is 1. The molecule has 50 valence electrons. The van der Waals surface area contributed by atoms with Gasteiger partial charge < -0.3 is 0 Å². The largest absolute Gasteiger partial charge is 0.299 e. The molecule has 0 aliphatic carbocycles. The highest BCUT2D eigenvalue weighted by atomic mass is 32.2. The van der Waals surface area contributed by atoms with Gasteiger partial charge in [-0.15, -0.1) is 11.8 Å². The second-order valence-corrected chi connectivity index (χ2v) is 2.98. The monoisotopic (exact) mass is 142 g/mol. The topological polar surface area (TPSA) is 47.6 Å². The molecule has 0 aliphatic rings. The van der Waals surface area contributed by atoms with Crippen molar-refractivity contribution in [3.05, 3.63) is 0 Å². The third-order valence-electron chi connectivity index (χ3n) is 0.751. The summed E-state index contributed by atoms with van der Waals surface area (Å²) in [5.74, 6) is 0.906. The lowest BCUT2D eigenvalue weighted by Gasteiger charge is -1.92. The molecule has 0 aliphatic heterocycles. The lowest BCUT2D eigenvalue weighted by Crippen LogP contribution is -1.83. The number of nitrogens with one attached hydrogen (secondary N) is 1. The maximum atomic E-state index is 8.12. The predicted octanol–water partition coefficient (Wildman–Crippen LogP) is 2.02. The van der Waals surface area contributed by atoms with Crippen molar-refractivity contribution < 1.29 is 0 Å². The van der Waals surface area contributed by atoms with Crippen molar-refractivity contribution in [2.45, 2.75) is 19.8 Å². The second-order valence-electron chi connectivity index (χ2n) is 1.67. The van der Waals surface area contributed by atoms with Crippen LogP contribution in [0.25, 0.3) is 0 Å². The fourth-order valence-electron chi connectivity index (χ4n) is 0.376. The Morgan fingerprint density at radius 1 is 1.78 bits per heavy atom. The Balaban J connectivity index is 2.94. The number of thioether (sulfide) groups is 1. The Morgan fingerprint density at radius 2 is 2.44 bits per heavy atom. The van der Waals surface area contributed by atoms with Gasteiger partial charge in [-0.2, -0.15) is 5.26 Å². The summed E-state index contributed by atoms with van der Waals surface area (Å²) in [5, 5.41) is 15.8. The van der Waals surface area contributed by atoms with Crippen LogP contribution in [0.1, 0.15) is 19.8 Å². The number of rotatable bonds is 3. The molecular weight excluding hydrogens is 132 g/mol. The molecule has 0 spiro atoms. The van der Waals surface area contributed by atoms with Crippen molar-refractivity contribution in [2.75, 3.05) is 5.75 Å². The normalized spacial score (nSPS) is 8.44. The number of nitriles is 1. The average Bonchev–Trinajstić information content (AvgIpc) is 1.80. The SMILES string of the molecule is CC(=N)SCCCC#N. The van der Waals surface area contributed by atoms with Crippen LogP contribution in [0.4, 0.5) is 0 Å². The molecule has 0 amide bonds. The second kappa shape index (κ2) is 5.64. The Labute approximate surface area is 59.8 Å². The summed E-state index contributed by atoms with van der Waals surface area (Å²) in [6, 6.07) is 2.06. The fraction of sp³-hybridized carbons (Fsp3) is 0.667. The highest BCUT2D eigenvalue weighted by Crippen LogP contribution is 2.04. The minimum absolute atomic E-state index is 0.611. The van der Waals surface area contributed by atoms with Crippen LogP contribution in [0.15, 0.2) is 0 Å². The molecule has 3 heteroatoms. The van der Waals surface area contributed by atoms with Crippen LogP contribution in [-0.2, 0) is 0 Å². The van der Waals surface area contributed by atoms with Gasteiger partial charge in [0.15, 0.2) is 0 Å². The van der Waals surface area contributed by atoms with Crippen LogP contribution in [0.5, 0.6) is 0 Å². The molecule has 0 radical (unpaired) electrons. The van der Waals surface area contributed by atoms with E-state index in [1.807, 2.05) is 0 Å². The van der Waals surface area contributed by atoms with E-state index in [2.05, 4.69) is 6.07 Å². The standard InChI is InChI=1S/C6H10N2S/c1-6(8)9-5-3-2-4-7/h8H,2-3,5H2,1H3. The van der Waals surface area contributed by atoms with Gasteiger partial charge in [0.25, 0.3) is 0 Å². The van der Waals surface area contributed by atoms with Crippen LogP contribution in [0, 0.1) is 16.7 Å². The van der Waals surface area contributed by atoms with Gasteiger partial charge in [-0.1, -0.05) is 0 Å². The minimum atomic E-state index is 0.611. The van der Waals surface area contributed by atoms with E-state index in [9.17, 15) is 0 Å². The molecule has 0 aromatic heterocycles.